The van der Waals surface area contributed by atoms with Crippen LogP contribution in [0.1, 0.15) is 13.3 Å². The standard InChI is InChI=1S/C7H11N/c1-6-4-3-5-7(2)8-6/h3-4,7-8H,1,5H2,2H3/t7-/m1/s1. The lowest BCUT2D eigenvalue weighted by Crippen LogP contribution is -2.25. The summed E-state index contributed by atoms with van der Waals surface area (Å²) in [6.07, 6.45) is 5.28. The SMILES string of the molecule is C=C1C=CC[C@@H](C)N1. The molecule has 1 aliphatic rings. The third-order valence-corrected chi connectivity index (χ3v) is 1.24. The molecule has 44 valence electrons. The van der Waals surface area contributed by atoms with E-state index in [9.17, 15) is 0 Å². The van der Waals surface area contributed by atoms with Crippen LogP contribution in [-0.4, -0.2) is 6.04 Å². The summed E-state index contributed by atoms with van der Waals surface area (Å²) in [6, 6.07) is 0.576. The average molecular weight is 109 g/mol. The van der Waals surface area contributed by atoms with Crippen molar-refractivity contribution < 1.29 is 0 Å². The molecule has 0 bridgehead atoms. The van der Waals surface area contributed by atoms with Gasteiger partial charge in [-0.05, 0) is 19.4 Å². The molecular formula is C7H11N. The topological polar surface area (TPSA) is 12.0 Å². The molecule has 1 rings (SSSR count). The molecule has 1 atom stereocenters. The molecule has 0 amide bonds. The van der Waals surface area contributed by atoms with E-state index in [4.69, 9.17) is 0 Å². The Bertz CT molecular complexity index is 124. The zero-order valence-corrected chi connectivity index (χ0v) is 5.15. The molecule has 8 heavy (non-hydrogen) atoms. The van der Waals surface area contributed by atoms with Crippen LogP contribution in [0.2, 0.25) is 0 Å². The Morgan fingerprint density at radius 1 is 1.88 bits per heavy atom. The number of nitrogens with one attached hydrogen (secondary N) is 1. The van der Waals surface area contributed by atoms with E-state index in [0.717, 1.165) is 12.1 Å². The van der Waals surface area contributed by atoms with Gasteiger partial charge in [0.1, 0.15) is 0 Å². The van der Waals surface area contributed by atoms with Gasteiger partial charge in [0, 0.05) is 11.7 Å². The molecule has 0 unspecified atom stereocenters. The highest BCUT2D eigenvalue weighted by Gasteiger charge is 2.01. The summed E-state index contributed by atoms with van der Waals surface area (Å²) in [5.41, 5.74) is 1.03. The van der Waals surface area contributed by atoms with Crippen LogP contribution in [0.5, 0.6) is 0 Å². The van der Waals surface area contributed by atoms with E-state index in [0.29, 0.717) is 6.04 Å². The van der Waals surface area contributed by atoms with Gasteiger partial charge in [0.15, 0.2) is 0 Å². The smallest absolute Gasteiger partial charge is 0.0267 e. The molecule has 1 heteroatoms. The number of hydrogen-bond acceptors (Lipinski definition) is 1. The summed E-state index contributed by atoms with van der Waals surface area (Å²) in [5, 5.41) is 3.20. The highest BCUT2D eigenvalue weighted by molar-refractivity contribution is 5.16. The summed E-state index contributed by atoms with van der Waals surface area (Å²) in [6.45, 7) is 5.91. The van der Waals surface area contributed by atoms with E-state index in [1.165, 1.54) is 0 Å². The lowest BCUT2D eigenvalue weighted by atomic mass is 10.1. The second kappa shape index (κ2) is 2.03. The molecule has 0 spiro atoms. The van der Waals surface area contributed by atoms with E-state index < -0.39 is 0 Å². The maximum Gasteiger partial charge on any atom is 0.0267 e. The molecular weight excluding hydrogens is 98.1 g/mol. The third kappa shape index (κ3) is 1.12. The van der Waals surface area contributed by atoms with Gasteiger partial charge in [-0.15, -0.1) is 0 Å². The number of rotatable bonds is 0. The largest absolute Gasteiger partial charge is 0.383 e. The van der Waals surface area contributed by atoms with Crippen molar-refractivity contribution in [1.82, 2.24) is 5.32 Å². The van der Waals surface area contributed by atoms with E-state index in [1.807, 2.05) is 6.08 Å². The van der Waals surface area contributed by atoms with Crippen LogP contribution in [0.15, 0.2) is 24.4 Å². The van der Waals surface area contributed by atoms with Gasteiger partial charge in [0.2, 0.25) is 0 Å². The van der Waals surface area contributed by atoms with E-state index in [2.05, 4.69) is 24.9 Å². The van der Waals surface area contributed by atoms with Gasteiger partial charge in [-0.1, -0.05) is 12.7 Å². The summed E-state index contributed by atoms with van der Waals surface area (Å²) in [4.78, 5) is 0. The normalized spacial score (nSPS) is 27.6. The lowest BCUT2D eigenvalue weighted by molar-refractivity contribution is 0.616. The van der Waals surface area contributed by atoms with Gasteiger partial charge < -0.3 is 5.32 Å². The second-order valence-corrected chi connectivity index (χ2v) is 2.21. The van der Waals surface area contributed by atoms with Crippen molar-refractivity contribution in [2.24, 2.45) is 0 Å². The molecule has 1 nitrogen and oxygen atoms in total. The number of allylic oxidation sites excluding steroid dienone is 1. The molecule has 0 aliphatic carbocycles. The minimum absolute atomic E-state index is 0.576. The lowest BCUT2D eigenvalue weighted by Gasteiger charge is -2.16. The Labute approximate surface area is 50.1 Å². The first-order valence-corrected chi connectivity index (χ1v) is 2.91. The molecule has 0 aromatic rings. The van der Waals surface area contributed by atoms with E-state index in [1.54, 1.807) is 0 Å². The van der Waals surface area contributed by atoms with Crippen molar-refractivity contribution >= 4 is 0 Å². The van der Waals surface area contributed by atoms with Gasteiger partial charge in [-0.25, -0.2) is 0 Å². The highest BCUT2D eigenvalue weighted by Crippen LogP contribution is 2.03. The zero-order chi connectivity index (χ0) is 5.98. The van der Waals surface area contributed by atoms with Crippen LogP contribution in [0.25, 0.3) is 0 Å². The predicted octanol–water partition coefficient (Wildman–Crippen LogP) is 1.44. The van der Waals surface area contributed by atoms with Crippen LogP contribution in [0.4, 0.5) is 0 Å². The quantitative estimate of drug-likeness (QED) is 0.496. The van der Waals surface area contributed by atoms with Crippen LogP contribution in [-0.2, 0) is 0 Å². The van der Waals surface area contributed by atoms with Crippen molar-refractivity contribution in [3.8, 4) is 0 Å². The van der Waals surface area contributed by atoms with Gasteiger partial charge in [0.05, 0.1) is 0 Å². The van der Waals surface area contributed by atoms with Crippen molar-refractivity contribution in [3.63, 3.8) is 0 Å². The predicted molar refractivity (Wildman–Crippen MR) is 35.5 cm³/mol. The second-order valence-electron chi connectivity index (χ2n) is 2.21. The molecule has 0 saturated heterocycles. The van der Waals surface area contributed by atoms with Gasteiger partial charge >= 0.3 is 0 Å². The van der Waals surface area contributed by atoms with Crippen molar-refractivity contribution in [1.29, 1.82) is 0 Å². The summed E-state index contributed by atoms with van der Waals surface area (Å²) in [7, 11) is 0. The van der Waals surface area contributed by atoms with Crippen molar-refractivity contribution in [2.45, 2.75) is 19.4 Å². The first-order chi connectivity index (χ1) is 3.79. The fraction of sp³-hybridized carbons (Fsp3) is 0.429. The Hall–Kier alpha value is -0.720. The van der Waals surface area contributed by atoms with E-state index in [-0.39, 0.29) is 0 Å². The molecule has 0 aromatic heterocycles. The summed E-state index contributed by atoms with van der Waals surface area (Å²) in [5.74, 6) is 0. The molecule has 0 saturated carbocycles. The van der Waals surface area contributed by atoms with Crippen LogP contribution in [0.3, 0.4) is 0 Å². The monoisotopic (exact) mass is 109 g/mol. The third-order valence-electron chi connectivity index (χ3n) is 1.24. The van der Waals surface area contributed by atoms with Crippen molar-refractivity contribution in [3.05, 3.63) is 24.4 Å². The maximum atomic E-state index is 3.77. The van der Waals surface area contributed by atoms with Crippen LogP contribution < -0.4 is 5.32 Å². The fourth-order valence-corrected chi connectivity index (χ4v) is 0.838. The van der Waals surface area contributed by atoms with Gasteiger partial charge in [-0.3, -0.25) is 0 Å². The molecule has 0 radical (unpaired) electrons. The molecule has 0 fully saturated rings. The molecule has 1 N–H and O–H groups in total. The van der Waals surface area contributed by atoms with Crippen LogP contribution in [0, 0.1) is 0 Å². The Kier molecular flexibility index (Phi) is 1.38. The zero-order valence-electron chi connectivity index (χ0n) is 5.15. The minimum Gasteiger partial charge on any atom is -0.383 e. The molecule has 1 heterocycles. The minimum atomic E-state index is 0.576. The highest BCUT2D eigenvalue weighted by atomic mass is 14.9. The Balaban J connectivity index is 2.54. The summed E-state index contributed by atoms with van der Waals surface area (Å²) < 4.78 is 0. The van der Waals surface area contributed by atoms with Crippen molar-refractivity contribution in [2.75, 3.05) is 0 Å². The van der Waals surface area contributed by atoms with Crippen LogP contribution >= 0.6 is 0 Å². The number of hydrogen-bond donors (Lipinski definition) is 1. The first-order valence-electron chi connectivity index (χ1n) is 2.91. The first kappa shape index (κ1) is 5.42. The maximum absolute atomic E-state index is 3.77. The molecule has 1 aliphatic heterocycles. The van der Waals surface area contributed by atoms with Gasteiger partial charge in [-0.2, -0.15) is 0 Å². The average Bonchev–Trinajstić information content (AvgIpc) is 1.64. The summed E-state index contributed by atoms with van der Waals surface area (Å²) >= 11 is 0. The fourth-order valence-electron chi connectivity index (χ4n) is 0.838. The molecule has 0 aromatic carbocycles. The Morgan fingerprint density at radius 2 is 2.62 bits per heavy atom. The van der Waals surface area contributed by atoms with Gasteiger partial charge in [0.25, 0.3) is 0 Å². The Morgan fingerprint density at radius 3 is 3.00 bits per heavy atom. The van der Waals surface area contributed by atoms with E-state index >= 15 is 0 Å².